The van der Waals surface area contributed by atoms with Crippen molar-refractivity contribution >= 4 is 17.4 Å². The molecule has 0 saturated heterocycles. The fraction of sp³-hybridized carbons (Fsp3) is 0.706. The van der Waals surface area contributed by atoms with E-state index in [1.165, 1.54) is 37.7 Å². The van der Waals surface area contributed by atoms with Gasteiger partial charge < -0.3 is 4.90 Å². The van der Waals surface area contributed by atoms with Crippen LogP contribution in [0.5, 0.6) is 0 Å². The molecule has 112 valence electrons. The zero-order chi connectivity index (χ0) is 14.5. The van der Waals surface area contributed by atoms with Gasteiger partial charge in [0.15, 0.2) is 0 Å². The van der Waals surface area contributed by atoms with Crippen molar-refractivity contribution in [3.63, 3.8) is 0 Å². The first-order valence-electron chi connectivity index (χ1n) is 7.99. The highest BCUT2D eigenvalue weighted by atomic mass is 35.5. The summed E-state index contributed by atoms with van der Waals surface area (Å²) in [6.07, 6.45) is 6.70. The topological polar surface area (TPSA) is 16.1 Å². The van der Waals surface area contributed by atoms with E-state index < -0.39 is 0 Å². The number of anilines is 1. The zero-order valence-corrected chi connectivity index (χ0v) is 13.8. The highest BCUT2D eigenvalue weighted by Crippen LogP contribution is 2.28. The second-order valence-corrected chi connectivity index (χ2v) is 6.39. The van der Waals surface area contributed by atoms with Gasteiger partial charge in [0, 0.05) is 24.2 Å². The average molecular weight is 295 g/mol. The summed E-state index contributed by atoms with van der Waals surface area (Å²) < 4.78 is 0. The first-order valence-corrected chi connectivity index (χ1v) is 8.52. The number of halogens is 1. The molecule has 0 spiro atoms. The predicted octanol–water partition coefficient (Wildman–Crippen LogP) is 5.10. The summed E-state index contributed by atoms with van der Waals surface area (Å²) in [5.41, 5.74) is 2.35. The van der Waals surface area contributed by atoms with Crippen molar-refractivity contribution in [1.29, 1.82) is 0 Å². The van der Waals surface area contributed by atoms with Crippen molar-refractivity contribution in [3.8, 4) is 0 Å². The molecule has 0 amide bonds. The molecule has 1 aromatic heterocycles. The number of nitrogens with zero attached hydrogens (tertiary/aromatic N) is 2. The molecule has 0 aliphatic heterocycles. The Morgan fingerprint density at radius 3 is 2.50 bits per heavy atom. The zero-order valence-electron chi connectivity index (χ0n) is 13.0. The Labute approximate surface area is 128 Å². The number of pyridine rings is 1. The van der Waals surface area contributed by atoms with Gasteiger partial charge in [-0.1, -0.05) is 33.1 Å². The maximum Gasteiger partial charge on any atom is 0.129 e. The quantitative estimate of drug-likeness (QED) is 0.702. The van der Waals surface area contributed by atoms with Gasteiger partial charge in [-0.3, -0.25) is 0 Å². The van der Waals surface area contributed by atoms with Gasteiger partial charge in [-0.25, -0.2) is 4.98 Å². The van der Waals surface area contributed by atoms with Crippen molar-refractivity contribution in [2.45, 2.75) is 70.7 Å². The van der Waals surface area contributed by atoms with E-state index in [-0.39, 0.29) is 0 Å². The van der Waals surface area contributed by atoms with Crippen molar-refractivity contribution in [2.75, 3.05) is 11.4 Å². The van der Waals surface area contributed by atoms with Crippen LogP contribution >= 0.6 is 11.6 Å². The molecule has 0 N–H and O–H groups in total. The van der Waals surface area contributed by atoms with Crippen LogP contribution in [0.15, 0.2) is 12.1 Å². The molecule has 0 atom stereocenters. The molecule has 1 aliphatic carbocycles. The first-order chi connectivity index (χ1) is 9.65. The molecule has 0 aromatic carbocycles. The van der Waals surface area contributed by atoms with Crippen LogP contribution in [0.1, 0.15) is 70.1 Å². The molecule has 1 aliphatic rings. The average Bonchev–Trinajstić information content (AvgIpc) is 2.48. The second-order valence-electron chi connectivity index (χ2n) is 6.12. The molecule has 1 saturated carbocycles. The Hall–Kier alpha value is -0.760. The lowest BCUT2D eigenvalue weighted by molar-refractivity contribution is 0.416. The number of aromatic nitrogens is 1. The standard InChI is InChI=1S/C17H27ClN2/c1-4-20(15-8-6-5-7-9-15)17-11-14(12-18)10-16(19-17)13(2)3/h10-11,13,15H,4-9,12H2,1-3H3. The van der Waals surface area contributed by atoms with E-state index in [1.54, 1.807) is 0 Å². The van der Waals surface area contributed by atoms with Gasteiger partial charge in [-0.05, 0) is 43.4 Å². The largest absolute Gasteiger partial charge is 0.354 e. The van der Waals surface area contributed by atoms with Gasteiger partial charge in [-0.2, -0.15) is 0 Å². The molecule has 3 heteroatoms. The monoisotopic (exact) mass is 294 g/mol. The van der Waals surface area contributed by atoms with E-state index in [1.807, 2.05) is 0 Å². The Morgan fingerprint density at radius 2 is 1.95 bits per heavy atom. The van der Waals surface area contributed by atoms with E-state index in [0.29, 0.717) is 17.8 Å². The minimum Gasteiger partial charge on any atom is -0.354 e. The first kappa shape index (κ1) is 15.6. The molecule has 1 fully saturated rings. The van der Waals surface area contributed by atoms with Crippen LogP contribution in [0.3, 0.4) is 0 Å². The van der Waals surface area contributed by atoms with Crippen LogP contribution < -0.4 is 4.90 Å². The normalized spacial score (nSPS) is 16.6. The molecule has 1 aromatic rings. The SMILES string of the molecule is CCN(c1cc(CCl)cc(C(C)C)n1)C1CCCCC1. The number of hydrogen-bond acceptors (Lipinski definition) is 2. The predicted molar refractivity (Wildman–Crippen MR) is 87.8 cm³/mol. The fourth-order valence-corrected chi connectivity index (χ4v) is 3.27. The molecule has 0 radical (unpaired) electrons. The lowest BCUT2D eigenvalue weighted by atomic mass is 9.94. The minimum atomic E-state index is 0.446. The Kier molecular flexibility index (Phi) is 5.71. The minimum absolute atomic E-state index is 0.446. The van der Waals surface area contributed by atoms with Crippen molar-refractivity contribution in [1.82, 2.24) is 4.98 Å². The highest BCUT2D eigenvalue weighted by Gasteiger charge is 2.22. The summed E-state index contributed by atoms with van der Waals surface area (Å²) >= 11 is 6.06. The molecule has 0 bridgehead atoms. The van der Waals surface area contributed by atoms with E-state index in [2.05, 4.69) is 37.8 Å². The molecule has 20 heavy (non-hydrogen) atoms. The second kappa shape index (κ2) is 7.31. The van der Waals surface area contributed by atoms with E-state index >= 15 is 0 Å². The third kappa shape index (κ3) is 3.66. The van der Waals surface area contributed by atoms with Gasteiger partial charge in [0.25, 0.3) is 0 Å². The highest BCUT2D eigenvalue weighted by molar-refractivity contribution is 6.17. The maximum atomic E-state index is 6.06. The lowest BCUT2D eigenvalue weighted by Crippen LogP contribution is -2.37. The van der Waals surface area contributed by atoms with Crippen LogP contribution in [-0.2, 0) is 5.88 Å². The Balaban J connectivity index is 2.29. The third-order valence-electron chi connectivity index (χ3n) is 4.29. The summed E-state index contributed by atoms with van der Waals surface area (Å²) in [5, 5.41) is 0. The van der Waals surface area contributed by atoms with Gasteiger partial charge in [-0.15, -0.1) is 11.6 Å². The van der Waals surface area contributed by atoms with Gasteiger partial charge in [0.1, 0.15) is 5.82 Å². The van der Waals surface area contributed by atoms with Crippen molar-refractivity contribution in [3.05, 3.63) is 23.4 Å². The number of hydrogen-bond donors (Lipinski definition) is 0. The van der Waals surface area contributed by atoms with Crippen LogP contribution in [0.4, 0.5) is 5.82 Å². The van der Waals surface area contributed by atoms with Crippen molar-refractivity contribution in [2.24, 2.45) is 0 Å². The summed E-state index contributed by atoms with van der Waals surface area (Å²) in [4.78, 5) is 7.38. The Morgan fingerprint density at radius 1 is 1.25 bits per heavy atom. The van der Waals surface area contributed by atoms with Crippen LogP contribution in [-0.4, -0.2) is 17.6 Å². The summed E-state index contributed by atoms with van der Waals surface area (Å²) in [6, 6.07) is 4.99. The molecule has 2 nitrogen and oxygen atoms in total. The molecular formula is C17H27ClN2. The van der Waals surface area contributed by atoms with Gasteiger partial charge >= 0.3 is 0 Å². The smallest absolute Gasteiger partial charge is 0.129 e. The maximum absolute atomic E-state index is 6.06. The molecule has 0 unspecified atom stereocenters. The molecule has 2 rings (SSSR count). The van der Waals surface area contributed by atoms with E-state index in [4.69, 9.17) is 16.6 Å². The lowest BCUT2D eigenvalue weighted by Gasteiger charge is -2.35. The van der Waals surface area contributed by atoms with Crippen molar-refractivity contribution < 1.29 is 0 Å². The Bertz CT molecular complexity index is 425. The van der Waals surface area contributed by atoms with Gasteiger partial charge in [0.2, 0.25) is 0 Å². The number of rotatable bonds is 5. The van der Waals surface area contributed by atoms with Crippen LogP contribution in [0, 0.1) is 0 Å². The molecule has 1 heterocycles. The summed E-state index contributed by atoms with van der Waals surface area (Å²) in [5.74, 6) is 2.14. The molecular weight excluding hydrogens is 268 g/mol. The van der Waals surface area contributed by atoms with Crippen LogP contribution in [0.25, 0.3) is 0 Å². The summed E-state index contributed by atoms with van der Waals surface area (Å²) in [7, 11) is 0. The van der Waals surface area contributed by atoms with Crippen LogP contribution in [0.2, 0.25) is 0 Å². The third-order valence-corrected chi connectivity index (χ3v) is 4.60. The fourth-order valence-electron chi connectivity index (χ4n) is 3.11. The van der Waals surface area contributed by atoms with E-state index in [0.717, 1.165) is 18.1 Å². The van der Waals surface area contributed by atoms with E-state index in [9.17, 15) is 0 Å². The summed E-state index contributed by atoms with van der Waals surface area (Å²) in [6.45, 7) is 7.65. The number of alkyl halides is 1. The van der Waals surface area contributed by atoms with Gasteiger partial charge in [0.05, 0.1) is 0 Å².